The van der Waals surface area contributed by atoms with Crippen LogP contribution >= 0.6 is 0 Å². The van der Waals surface area contributed by atoms with E-state index in [4.69, 9.17) is 15.3 Å². The number of nitrogens with one attached hydrogen (secondary N) is 1. The van der Waals surface area contributed by atoms with Crippen molar-refractivity contribution < 1.29 is 27.9 Å². The number of carboxylic acid groups (broad SMARTS) is 1. The molecule has 0 radical (unpaired) electrons. The summed E-state index contributed by atoms with van der Waals surface area (Å²) in [5.41, 5.74) is 4.75. The Morgan fingerprint density at radius 1 is 1.08 bits per heavy atom. The van der Waals surface area contributed by atoms with Crippen molar-refractivity contribution in [1.29, 1.82) is 0 Å². The van der Waals surface area contributed by atoms with Gasteiger partial charge in [0.2, 0.25) is 11.8 Å². The topological polar surface area (TPSA) is 118 Å². The first kappa shape index (κ1) is 17.1. The molecule has 0 bridgehead atoms. The van der Waals surface area contributed by atoms with E-state index in [0.29, 0.717) is 5.69 Å². The summed E-state index contributed by atoms with van der Waals surface area (Å²) in [6, 6.07) is 8.69. The number of carbonyl (C=O) groups excluding carboxylic acids is 1. The maximum atomic E-state index is 13.9. The Kier molecular flexibility index (Phi) is 4.36. The number of halogens is 2. The molecule has 0 aliphatic heterocycles. The van der Waals surface area contributed by atoms with Crippen LogP contribution in [0.25, 0.3) is 11.5 Å². The van der Waals surface area contributed by atoms with E-state index in [1.54, 1.807) is 0 Å². The van der Waals surface area contributed by atoms with E-state index in [2.05, 4.69) is 10.3 Å². The molecule has 132 valence electrons. The van der Waals surface area contributed by atoms with Gasteiger partial charge in [-0.15, -0.1) is 0 Å². The monoisotopic (exact) mass is 359 g/mol. The Morgan fingerprint density at radius 3 is 2.23 bits per heavy atom. The fourth-order valence-corrected chi connectivity index (χ4v) is 2.21. The van der Waals surface area contributed by atoms with E-state index in [9.17, 15) is 18.4 Å². The number of aromatic carboxylic acids is 1. The number of hydrogen-bond donors (Lipinski definition) is 3. The normalized spacial score (nSPS) is 10.5. The lowest BCUT2D eigenvalue weighted by Crippen LogP contribution is -2.13. The summed E-state index contributed by atoms with van der Waals surface area (Å²) in [6.07, 6.45) is 0. The van der Waals surface area contributed by atoms with Gasteiger partial charge in [0.25, 0.3) is 5.91 Å². The number of primary amides is 1. The summed E-state index contributed by atoms with van der Waals surface area (Å²) in [7, 11) is 0. The van der Waals surface area contributed by atoms with E-state index in [1.165, 1.54) is 30.3 Å². The van der Waals surface area contributed by atoms with Gasteiger partial charge in [-0.1, -0.05) is 6.07 Å². The highest BCUT2D eigenvalue weighted by Gasteiger charge is 2.23. The molecule has 7 nitrogen and oxygen atoms in total. The number of benzene rings is 2. The fourth-order valence-electron chi connectivity index (χ4n) is 2.21. The molecule has 0 unspecified atom stereocenters. The van der Waals surface area contributed by atoms with Gasteiger partial charge < -0.3 is 20.6 Å². The van der Waals surface area contributed by atoms with Crippen molar-refractivity contribution in [2.45, 2.75) is 0 Å². The van der Waals surface area contributed by atoms with Gasteiger partial charge in [-0.05, 0) is 36.4 Å². The molecule has 3 aromatic rings. The molecule has 9 heteroatoms. The zero-order chi connectivity index (χ0) is 18.8. The van der Waals surface area contributed by atoms with Crippen molar-refractivity contribution in [2.75, 3.05) is 5.32 Å². The van der Waals surface area contributed by atoms with Gasteiger partial charge in [0, 0.05) is 5.69 Å². The van der Waals surface area contributed by atoms with E-state index in [0.717, 1.165) is 12.1 Å². The second-order valence-corrected chi connectivity index (χ2v) is 5.17. The first-order chi connectivity index (χ1) is 12.4. The molecule has 26 heavy (non-hydrogen) atoms. The van der Waals surface area contributed by atoms with Gasteiger partial charge in [-0.2, -0.15) is 0 Å². The molecule has 1 heterocycles. The zero-order valence-electron chi connectivity index (χ0n) is 13.0. The first-order valence-corrected chi connectivity index (χ1v) is 7.22. The number of anilines is 2. The average Bonchev–Trinajstić information content (AvgIpc) is 2.99. The zero-order valence-corrected chi connectivity index (χ0v) is 13.0. The van der Waals surface area contributed by atoms with Crippen LogP contribution in [0, 0.1) is 11.6 Å². The molecule has 4 N–H and O–H groups in total. The highest BCUT2D eigenvalue weighted by molar-refractivity contribution is 5.96. The van der Waals surface area contributed by atoms with E-state index < -0.39 is 35.0 Å². The van der Waals surface area contributed by atoms with Crippen molar-refractivity contribution in [3.05, 3.63) is 65.4 Å². The van der Waals surface area contributed by atoms with Crippen molar-refractivity contribution in [1.82, 2.24) is 4.98 Å². The highest BCUT2D eigenvalue weighted by atomic mass is 19.1. The summed E-state index contributed by atoms with van der Waals surface area (Å²) in [6.45, 7) is 0. The van der Waals surface area contributed by atoms with Gasteiger partial charge >= 0.3 is 5.97 Å². The molecule has 0 aliphatic carbocycles. The smallest absolute Gasteiger partial charge is 0.335 e. The molecule has 3 rings (SSSR count). The molecule has 0 fully saturated rings. The number of amides is 1. The maximum Gasteiger partial charge on any atom is 0.335 e. The molecular formula is C17H11F2N3O4. The Morgan fingerprint density at radius 2 is 1.69 bits per heavy atom. The van der Waals surface area contributed by atoms with Crippen molar-refractivity contribution in [3.8, 4) is 11.5 Å². The lowest BCUT2D eigenvalue weighted by atomic mass is 10.2. The van der Waals surface area contributed by atoms with Gasteiger partial charge in [0.1, 0.15) is 17.2 Å². The Balaban J connectivity index is 2.00. The van der Waals surface area contributed by atoms with Crippen LogP contribution in [0.3, 0.4) is 0 Å². The lowest BCUT2D eigenvalue weighted by molar-refractivity contribution is 0.0696. The van der Waals surface area contributed by atoms with Crippen molar-refractivity contribution in [2.24, 2.45) is 5.73 Å². The Labute approximate surface area is 145 Å². The Bertz CT molecular complexity index is 979. The fraction of sp³-hybridized carbons (Fsp3) is 0. The number of nitrogens with zero attached hydrogens (tertiary/aromatic N) is 1. The summed E-state index contributed by atoms with van der Waals surface area (Å²) in [5.74, 6) is -4.59. The predicted octanol–water partition coefficient (Wildman–Crippen LogP) is 3.16. The minimum Gasteiger partial charge on any atom is -0.478 e. The number of oxazole rings is 1. The maximum absolute atomic E-state index is 13.9. The summed E-state index contributed by atoms with van der Waals surface area (Å²) < 4.78 is 33.1. The molecule has 2 aromatic carbocycles. The molecule has 0 atom stereocenters. The van der Waals surface area contributed by atoms with Gasteiger partial charge in [-0.3, -0.25) is 4.79 Å². The number of hydrogen-bond acceptors (Lipinski definition) is 5. The molecule has 1 amide bonds. The average molecular weight is 359 g/mol. The molecule has 0 saturated carbocycles. The highest BCUT2D eigenvalue weighted by Crippen LogP contribution is 2.31. The summed E-state index contributed by atoms with van der Waals surface area (Å²) in [4.78, 5) is 26.2. The van der Waals surface area contributed by atoms with Crippen LogP contribution in [0.5, 0.6) is 0 Å². The predicted molar refractivity (Wildman–Crippen MR) is 87.1 cm³/mol. The Hall–Kier alpha value is -3.75. The minimum absolute atomic E-state index is 0.0531. The summed E-state index contributed by atoms with van der Waals surface area (Å²) >= 11 is 0. The molecule has 0 saturated heterocycles. The number of nitrogens with two attached hydrogens (primary N) is 1. The number of aromatic nitrogens is 1. The molecule has 0 aliphatic rings. The SMILES string of the molecule is NC(=O)c1nc(-c2c(F)cccc2F)oc1Nc1ccc(C(=O)O)cc1. The largest absolute Gasteiger partial charge is 0.478 e. The number of carboxylic acids is 1. The van der Waals surface area contributed by atoms with Crippen LogP contribution < -0.4 is 11.1 Å². The molecular weight excluding hydrogens is 348 g/mol. The first-order valence-electron chi connectivity index (χ1n) is 7.22. The van der Waals surface area contributed by atoms with Crippen LogP contribution in [-0.4, -0.2) is 22.0 Å². The second kappa shape index (κ2) is 6.63. The van der Waals surface area contributed by atoms with Crippen LogP contribution in [0.1, 0.15) is 20.8 Å². The van der Waals surface area contributed by atoms with Crippen molar-refractivity contribution >= 4 is 23.4 Å². The lowest BCUT2D eigenvalue weighted by Gasteiger charge is -2.04. The molecule has 0 spiro atoms. The molecule has 1 aromatic heterocycles. The third kappa shape index (κ3) is 3.22. The van der Waals surface area contributed by atoms with Crippen LogP contribution in [0.4, 0.5) is 20.4 Å². The standard InChI is InChI=1S/C17H11F2N3O4/c18-10-2-1-3-11(19)12(10)15-22-13(14(20)23)16(26-15)21-9-6-4-8(5-7-9)17(24)25/h1-7,21H,(H2,20,23)(H,24,25). The van der Waals surface area contributed by atoms with Crippen molar-refractivity contribution in [3.63, 3.8) is 0 Å². The van der Waals surface area contributed by atoms with Crippen LogP contribution in [0.15, 0.2) is 46.9 Å². The summed E-state index contributed by atoms with van der Waals surface area (Å²) in [5, 5.41) is 11.6. The third-order valence-electron chi connectivity index (χ3n) is 3.43. The van der Waals surface area contributed by atoms with Gasteiger partial charge in [0.05, 0.1) is 5.56 Å². The third-order valence-corrected chi connectivity index (χ3v) is 3.43. The van der Waals surface area contributed by atoms with E-state index in [1.807, 2.05) is 0 Å². The van der Waals surface area contributed by atoms with E-state index >= 15 is 0 Å². The van der Waals surface area contributed by atoms with E-state index in [-0.39, 0.29) is 17.1 Å². The van der Waals surface area contributed by atoms with Gasteiger partial charge in [-0.25, -0.2) is 18.6 Å². The number of carbonyl (C=O) groups is 2. The van der Waals surface area contributed by atoms with Crippen LogP contribution in [-0.2, 0) is 0 Å². The number of rotatable bonds is 5. The second-order valence-electron chi connectivity index (χ2n) is 5.17. The quantitative estimate of drug-likeness (QED) is 0.644. The van der Waals surface area contributed by atoms with Gasteiger partial charge in [0.15, 0.2) is 5.69 Å². The van der Waals surface area contributed by atoms with Crippen LogP contribution in [0.2, 0.25) is 0 Å². The minimum atomic E-state index is -1.11.